The molecule has 0 radical (unpaired) electrons. The van der Waals surface area contributed by atoms with Gasteiger partial charge in [-0.05, 0) is 25.0 Å². The molecule has 1 aromatic heterocycles. The van der Waals surface area contributed by atoms with Crippen LogP contribution in [-0.4, -0.2) is 35.1 Å². The number of ether oxygens (including phenoxy) is 1. The van der Waals surface area contributed by atoms with Crippen molar-refractivity contribution in [1.29, 1.82) is 0 Å². The van der Waals surface area contributed by atoms with Gasteiger partial charge in [0, 0.05) is 19.2 Å². The Kier molecular flexibility index (Phi) is 5.78. The Balaban J connectivity index is 2.60. The van der Waals surface area contributed by atoms with Crippen LogP contribution in [0.5, 0.6) is 5.88 Å². The molecule has 0 spiro atoms. The van der Waals surface area contributed by atoms with Gasteiger partial charge in [0.1, 0.15) is 5.56 Å². The molecule has 0 fully saturated rings. The molecule has 1 atom stereocenters. The van der Waals surface area contributed by atoms with Gasteiger partial charge in [-0.25, -0.2) is 4.98 Å². The molecule has 1 aromatic rings. The van der Waals surface area contributed by atoms with E-state index < -0.39 is 5.97 Å². The quantitative estimate of drug-likeness (QED) is 0.777. The van der Waals surface area contributed by atoms with Crippen molar-refractivity contribution >= 4 is 11.9 Å². The Morgan fingerprint density at radius 3 is 2.89 bits per heavy atom. The van der Waals surface area contributed by atoms with Crippen molar-refractivity contribution in [3.05, 3.63) is 23.9 Å². The van der Waals surface area contributed by atoms with Crippen LogP contribution in [-0.2, 0) is 4.79 Å². The van der Waals surface area contributed by atoms with Crippen molar-refractivity contribution in [2.24, 2.45) is 5.92 Å². The van der Waals surface area contributed by atoms with Gasteiger partial charge >= 0.3 is 5.97 Å². The van der Waals surface area contributed by atoms with Gasteiger partial charge < -0.3 is 15.2 Å². The lowest BCUT2D eigenvalue weighted by Gasteiger charge is -2.12. The van der Waals surface area contributed by atoms with Gasteiger partial charge in [-0.15, -0.1) is 0 Å². The van der Waals surface area contributed by atoms with Crippen molar-refractivity contribution in [2.45, 2.75) is 20.3 Å². The van der Waals surface area contributed by atoms with Crippen LogP contribution in [0.25, 0.3) is 0 Å². The van der Waals surface area contributed by atoms with Crippen LogP contribution in [0.2, 0.25) is 0 Å². The minimum atomic E-state index is -0.877. The van der Waals surface area contributed by atoms with Crippen LogP contribution in [0.4, 0.5) is 0 Å². The number of amides is 1. The molecule has 0 aromatic carbocycles. The van der Waals surface area contributed by atoms with E-state index in [2.05, 4.69) is 10.3 Å². The second-order valence-corrected chi connectivity index (χ2v) is 4.20. The standard InChI is InChI=1S/C13H18N2O4/c1-3-19-13-10(5-4-6-14-13)12(18)15-8-9(2)7-11(16)17/h4-6,9H,3,7-8H2,1-2H3,(H,15,18)(H,16,17)/t9-/m0/s1. The molecular weight excluding hydrogens is 248 g/mol. The number of carbonyl (C=O) groups is 2. The molecule has 19 heavy (non-hydrogen) atoms. The van der Waals surface area contributed by atoms with Crippen LogP contribution in [0.1, 0.15) is 30.6 Å². The molecule has 2 N–H and O–H groups in total. The highest BCUT2D eigenvalue weighted by molar-refractivity contribution is 5.96. The second-order valence-electron chi connectivity index (χ2n) is 4.20. The van der Waals surface area contributed by atoms with Crippen LogP contribution >= 0.6 is 0 Å². The number of carboxylic acid groups (broad SMARTS) is 1. The van der Waals surface area contributed by atoms with Crippen LogP contribution in [0.3, 0.4) is 0 Å². The van der Waals surface area contributed by atoms with Crippen LogP contribution in [0.15, 0.2) is 18.3 Å². The van der Waals surface area contributed by atoms with Crippen molar-refractivity contribution in [3.63, 3.8) is 0 Å². The molecular formula is C13H18N2O4. The van der Waals surface area contributed by atoms with E-state index in [-0.39, 0.29) is 24.1 Å². The zero-order valence-corrected chi connectivity index (χ0v) is 11.0. The van der Waals surface area contributed by atoms with Gasteiger partial charge in [0.15, 0.2) is 0 Å². The zero-order valence-electron chi connectivity index (χ0n) is 11.0. The SMILES string of the molecule is CCOc1ncccc1C(=O)NC[C@@H](C)CC(=O)O. The number of carboxylic acids is 1. The molecule has 1 amide bonds. The summed E-state index contributed by atoms with van der Waals surface area (Å²) < 4.78 is 5.26. The topological polar surface area (TPSA) is 88.5 Å². The van der Waals surface area contributed by atoms with E-state index in [9.17, 15) is 9.59 Å². The fraction of sp³-hybridized carbons (Fsp3) is 0.462. The highest BCUT2D eigenvalue weighted by atomic mass is 16.5. The summed E-state index contributed by atoms with van der Waals surface area (Å²) in [5.41, 5.74) is 0.354. The Bertz CT molecular complexity index is 448. The van der Waals surface area contributed by atoms with Gasteiger partial charge in [-0.3, -0.25) is 9.59 Å². The summed E-state index contributed by atoms with van der Waals surface area (Å²) in [6.45, 7) is 4.30. The predicted octanol–water partition coefficient (Wildman–Crippen LogP) is 1.32. The summed E-state index contributed by atoms with van der Waals surface area (Å²) in [6, 6.07) is 3.27. The van der Waals surface area contributed by atoms with Crippen molar-refractivity contribution in [3.8, 4) is 5.88 Å². The molecule has 0 bridgehead atoms. The van der Waals surface area contributed by atoms with E-state index in [1.165, 1.54) is 0 Å². The third-order valence-corrected chi connectivity index (χ3v) is 2.43. The third-order valence-electron chi connectivity index (χ3n) is 2.43. The number of nitrogens with one attached hydrogen (secondary N) is 1. The molecule has 6 nitrogen and oxygen atoms in total. The van der Waals surface area contributed by atoms with E-state index in [0.29, 0.717) is 18.7 Å². The molecule has 0 aliphatic carbocycles. The monoisotopic (exact) mass is 266 g/mol. The Hall–Kier alpha value is -2.11. The lowest BCUT2D eigenvalue weighted by Crippen LogP contribution is -2.29. The van der Waals surface area contributed by atoms with Gasteiger partial charge in [0.25, 0.3) is 5.91 Å². The summed E-state index contributed by atoms with van der Waals surface area (Å²) in [4.78, 5) is 26.5. The van der Waals surface area contributed by atoms with E-state index in [1.54, 1.807) is 25.3 Å². The number of pyridine rings is 1. The first-order valence-electron chi connectivity index (χ1n) is 6.12. The first-order chi connectivity index (χ1) is 9.04. The maximum atomic E-state index is 12.0. The fourth-order valence-electron chi connectivity index (χ4n) is 1.55. The minimum absolute atomic E-state index is 0.0195. The van der Waals surface area contributed by atoms with Crippen molar-refractivity contribution < 1.29 is 19.4 Å². The number of rotatable bonds is 7. The van der Waals surface area contributed by atoms with Crippen molar-refractivity contribution in [2.75, 3.05) is 13.2 Å². The molecule has 0 unspecified atom stereocenters. The largest absolute Gasteiger partial charge is 0.481 e. The molecule has 0 aliphatic heterocycles. The van der Waals surface area contributed by atoms with Crippen molar-refractivity contribution in [1.82, 2.24) is 10.3 Å². The van der Waals surface area contributed by atoms with Gasteiger partial charge in [0.2, 0.25) is 5.88 Å². The lowest BCUT2D eigenvalue weighted by atomic mass is 10.1. The maximum Gasteiger partial charge on any atom is 0.303 e. The summed E-state index contributed by atoms with van der Waals surface area (Å²) in [7, 11) is 0. The molecule has 0 aliphatic rings. The molecule has 1 heterocycles. The Morgan fingerprint density at radius 1 is 1.53 bits per heavy atom. The molecule has 0 saturated carbocycles. The highest BCUT2D eigenvalue weighted by Gasteiger charge is 2.14. The van der Waals surface area contributed by atoms with Gasteiger partial charge in [-0.2, -0.15) is 0 Å². The predicted molar refractivity (Wildman–Crippen MR) is 69.2 cm³/mol. The average molecular weight is 266 g/mol. The first kappa shape index (κ1) is 14.9. The summed E-state index contributed by atoms with van der Waals surface area (Å²) in [5.74, 6) is -1.03. The fourth-order valence-corrected chi connectivity index (χ4v) is 1.55. The molecule has 104 valence electrons. The third kappa shape index (κ3) is 4.95. The average Bonchev–Trinajstić information content (AvgIpc) is 2.36. The smallest absolute Gasteiger partial charge is 0.303 e. The molecule has 0 saturated heterocycles. The minimum Gasteiger partial charge on any atom is -0.481 e. The lowest BCUT2D eigenvalue weighted by molar-refractivity contribution is -0.137. The van der Waals surface area contributed by atoms with Gasteiger partial charge in [0.05, 0.1) is 6.61 Å². The highest BCUT2D eigenvalue weighted by Crippen LogP contribution is 2.14. The Morgan fingerprint density at radius 2 is 2.26 bits per heavy atom. The summed E-state index contributed by atoms with van der Waals surface area (Å²) in [6.07, 6.45) is 1.57. The maximum absolute atomic E-state index is 12.0. The number of hydrogen-bond donors (Lipinski definition) is 2. The Labute approximate surface area is 111 Å². The number of aromatic nitrogens is 1. The van der Waals surface area contributed by atoms with Gasteiger partial charge in [-0.1, -0.05) is 6.92 Å². The number of nitrogens with zero attached hydrogens (tertiary/aromatic N) is 1. The van der Waals surface area contributed by atoms with E-state index in [1.807, 2.05) is 6.92 Å². The summed E-state index contributed by atoms with van der Waals surface area (Å²) in [5, 5.41) is 11.3. The molecule has 6 heteroatoms. The van der Waals surface area contributed by atoms with E-state index >= 15 is 0 Å². The van der Waals surface area contributed by atoms with E-state index in [4.69, 9.17) is 9.84 Å². The number of aliphatic carboxylic acids is 1. The van der Waals surface area contributed by atoms with Crippen LogP contribution < -0.4 is 10.1 Å². The zero-order chi connectivity index (χ0) is 14.3. The van der Waals surface area contributed by atoms with E-state index in [0.717, 1.165) is 0 Å². The second kappa shape index (κ2) is 7.35. The normalized spacial score (nSPS) is 11.7. The summed E-state index contributed by atoms with van der Waals surface area (Å²) >= 11 is 0. The van der Waals surface area contributed by atoms with Crippen LogP contribution in [0, 0.1) is 5.92 Å². The molecule has 1 rings (SSSR count). The first-order valence-corrected chi connectivity index (χ1v) is 6.12. The number of carbonyl (C=O) groups excluding carboxylic acids is 1. The number of hydrogen-bond acceptors (Lipinski definition) is 4.